The molecule has 0 aliphatic rings. The van der Waals surface area contributed by atoms with Crippen LogP contribution in [0.2, 0.25) is 5.15 Å². The molecule has 1 heterocycles. The first kappa shape index (κ1) is 19.2. The van der Waals surface area contributed by atoms with Crippen LogP contribution in [0.1, 0.15) is 16.7 Å². The van der Waals surface area contributed by atoms with E-state index in [-0.39, 0.29) is 18.2 Å². The zero-order valence-corrected chi connectivity index (χ0v) is 15.2. The van der Waals surface area contributed by atoms with Crippen molar-refractivity contribution in [2.45, 2.75) is 26.2 Å². The number of aryl methyl sites for hydroxylation is 1. The highest BCUT2D eigenvalue weighted by Crippen LogP contribution is 2.26. The molecule has 0 aliphatic carbocycles. The zero-order valence-electron chi connectivity index (χ0n) is 14.4. The van der Waals surface area contributed by atoms with Crippen LogP contribution in [0.25, 0.3) is 10.9 Å². The second-order valence-corrected chi connectivity index (χ2v) is 6.64. The molecule has 0 atom stereocenters. The molecule has 3 rings (SSSR count). The maximum absolute atomic E-state index is 13.1. The van der Waals surface area contributed by atoms with Crippen molar-refractivity contribution >= 4 is 28.4 Å². The Bertz CT molecular complexity index is 974. The van der Waals surface area contributed by atoms with Gasteiger partial charge >= 0.3 is 12.1 Å². The molecule has 0 bridgehead atoms. The number of hydrogen-bond acceptors (Lipinski definition) is 2. The third kappa shape index (κ3) is 4.57. The fourth-order valence-electron chi connectivity index (χ4n) is 2.82. The predicted octanol–water partition coefficient (Wildman–Crippen LogP) is 5.29. The number of carbonyl (C=O) groups is 1. The minimum Gasteiger partial charge on any atom is -0.326 e. The zero-order chi connectivity index (χ0) is 19.6. The Hall–Kier alpha value is -2.60. The van der Waals surface area contributed by atoms with Crippen molar-refractivity contribution in [1.82, 2.24) is 9.88 Å². The number of carbonyl (C=O) groups excluding carboxylic acids is 1. The monoisotopic (exact) mass is 392 g/mol. The summed E-state index contributed by atoms with van der Waals surface area (Å²) in [5.74, 6) is -1.91. The number of alkyl halides is 3. The van der Waals surface area contributed by atoms with E-state index in [1.807, 2.05) is 19.1 Å². The fraction of sp³-hybridized carbons (Fsp3) is 0.200. The van der Waals surface area contributed by atoms with Crippen LogP contribution in [0.5, 0.6) is 0 Å². The molecule has 0 spiro atoms. The van der Waals surface area contributed by atoms with Gasteiger partial charge in [0.15, 0.2) is 0 Å². The Balaban J connectivity index is 1.96. The Morgan fingerprint density at radius 1 is 1.07 bits per heavy atom. The van der Waals surface area contributed by atoms with E-state index in [1.54, 1.807) is 42.5 Å². The van der Waals surface area contributed by atoms with E-state index in [4.69, 9.17) is 11.6 Å². The average molecular weight is 393 g/mol. The third-order valence-electron chi connectivity index (χ3n) is 4.10. The first-order chi connectivity index (χ1) is 12.7. The third-order valence-corrected chi connectivity index (χ3v) is 4.43. The van der Waals surface area contributed by atoms with Crippen molar-refractivity contribution in [3.05, 3.63) is 76.4 Å². The van der Waals surface area contributed by atoms with E-state index in [9.17, 15) is 18.0 Å². The van der Waals surface area contributed by atoms with Gasteiger partial charge in [0.1, 0.15) is 5.15 Å². The first-order valence-electron chi connectivity index (χ1n) is 8.20. The standard InChI is InChI=1S/C20H16ClF3N2O/c1-13-7-8-17-15(9-13)10-16(18(21)25-17)12-26(19(27)20(22,23)24)11-14-5-3-2-4-6-14/h2-10H,11-12H2,1H3. The normalized spacial score (nSPS) is 11.6. The lowest BCUT2D eigenvalue weighted by atomic mass is 10.1. The molecule has 1 amide bonds. The Kier molecular flexibility index (Phi) is 5.37. The van der Waals surface area contributed by atoms with Gasteiger partial charge in [-0.1, -0.05) is 53.6 Å². The summed E-state index contributed by atoms with van der Waals surface area (Å²) >= 11 is 6.18. The van der Waals surface area contributed by atoms with Crippen LogP contribution in [-0.4, -0.2) is 22.0 Å². The highest BCUT2D eigenvalue weighted by Gasteiger charge is 2.42. The lowest BCUT2D eigenvalue weighted by Crippen LogP contribution is -2.40. The number of hydrogen-bond donors (Lipinski definition) is 0. The van der Waals surface area contributed by atoms with Crippen molar-refractivity contribution in [2.75, 3.05) is 0 Å². The lowest BCUT2D eigenvalue weighted by molar-refractivity contribution is -0.186. The summed E-state index contributed by atoms with van der Waals surface area (Å²) in [5, 5.41) is 0.841. The van der Waals surface area contributed by atoms with Crippen LogP contribution in [-0.2, 0) is 17.9 Å². The molecule has 27 heavy (non-hydrogen) atoms. The van der Waals surface area contributed by atoms with Gasteiger partial charge < -0.3 is 4.90 Å². The molecule has 0 fully saturated rings. The summed E-state index contributed by atoms with van der Waals surface area (Å²) in [6.45, 7) is 1.44. The molecule has 7 heteroatoms. The van der Waals surface area contributed by atoms with Gasteiger partial charge in [0, 0.05) is 24.0 Å². The molecule has 0 N–H and O–H groups in total. The topological polar surface area (TPSA) is 33.2 Å². The molecule has 3 nitrogen and oxygen atoms in total. The minimum absolute atomic E-state index is 0.0828. The summed E-state index contributed by atoms with van der Waals surface area (Å²) in [7, 11) is 0. The van der Waals surface area contributed by atoms with Gasteiger partial charge in [-0.3, -0.25) is 4.79 Å². The van der Waals surface area contributed by atoms with Crippen molar-refractivity contribution in [1.29, 1.82) is 0 Å². The highest BCUT2D eigenvalue weighted by atomic mass is 35.5. The summed E-state index contributed by atoms with van der Waals surface area (Å²) in [6, 6.07) is 15.7. The average Bonchev–Trinajstić information content (AvgIpc) is 2.61. The molecule has 0 radical (unpaired) electrons. The van der Waals surface area contributed by atoms with Gasteiger partial charge in [-0.15, -0.1) is 0 Å². The fourth-order valence-corrected chi connectivity index (χ4v) is 3.02. The molecular formula is C20H16ClF3N2O. The Morgan fingerprint density at radius 2 is 1.78 bits per heavy atom. The summed E-state index contributed by atoms with van der Waals surface area (Å²) in [6.07, 6.45) is -4.97. The summed E-state index contributed by atoms with van der Waals surface area (Å²) in [5.41, 5.74) is 2.59. The van der Waals surface area contributed by atoms with Crippen LogP contribution < -0.4 is 0 Å². The molecule has 0 aliphatic heterocycles. The molecule has 140 valence electrons. The Morgan fingerprint density at radius 3 is 2.44 bits per heavy atom. The van der Waals surface area contributed by atoms with Crippen molar-refractivity contribution in [2.24, 2.45) is 0 Å². The number of aromatic nitrogens is 1. The number of rotatable bonds is 4. The van der Waals surface area contributed by atoms with Crippen LogP contribution >= 0.6 is 11.6 Å². The second-order valence-electron chi connectivity index (χ2n) is 6.28. The van der Waals surface area contributed by atoms with Gasteiger partial charge in [-0.25, -0.2) is 4.98 Å². The van der Waals surface area contributed by atoms with Crippen LogP contribution in [0.3, 0.4) is 0 Å². The van der Waals surface area contributed by atoms with Crippen LogP contribution in [0.15, 0.2) is 54.6 Å². The predicted molar refractivity (Wildman–Crippen MR) is 98.2 cm³/mol. The van der Waals surface area contributed by atoms with E-state index in [0.717, 1.165) is 15.8 Å². The smallest absolute Gasteiger partial charge is 0.326 e. The van der Waals surface area contributed by atoms with E-state index in [0.29, 0.717) is 16.6 Å². The van der Waals surface area contributed by atoms with Crippen LogP contribution in [0.4, 0.5) is 13.2 Å². The van der Waals surface area contributed by atoms with Gasteiger partial charge in [-0.05, 0) is 30.7 Å². The van der Waals surface area contributed by atoms with Crippen molar-refractivity contribution in [3.8, 4) is 0 Å². The molecule has 0 saturated heterocycles. The number of benzene rings is 2. The molecule has 0 unspecified atom stereocenters. The molecule has 3 aromatic rings. The van der Waals surface area contributed by atoms with E-state index < -0.39 is 12.1 Å². The minimum atomic E-state index is -4.97. The second kappa shape index (κ2) is 7.56. The Labute approximate surface area is 159 Å². The van der Waals surface area contributed by atoms with E-state index in [2.05, 4.69) is 4.98 Å². The number of amides is 1. The number of nitrogens with zero attached hydrogens (tertiary/aromatic N) is 2. The quantitative estimate of drug-likeness (QED) is 0.565. The molecule has 1 aromatic heterocycles. The van der Waals surface area contributed by atoms with Crippen molar-refractivity contribution < 1.29 is 18.0 Å². The van der Waals surface area contributed by atoms with Gasteiger partial charge in [0.2, 0.25) is 0 Å². The number of halogens is 4. The first-order valence-corrected chi connectivity index (χ1v) is 8.57. The number of fused-ring (bicyclic) bond motifs is 1. The molecule has 2 aromatic carbocycles. The highest BCUT2D eigenvalue weighted by molar-refractivity contribution is 6.30. The largest absolute Gasteiger partial charge is 0.471 e. The summed E-state index contributed by atoms with van der Waals surface area (Å²) < 4.78 is 39.2. The SMILES string of the molecule is Cc1ccc2nc(Cl)c(CN(Cc3ccccc3)C(=O)C(F)(F)F)cc2c1. The van der Waals surface area contributed by atoms with Crippen molar-refractivity contribution in [3.63, 3.8) is 0 Å². The maximum Gasteiger partial charge on any atom is 0.471 e. The van der Waals surface area contributed by atoms with Gasteiger partial charge in [-0.2, -0.15) is 13.2 Å². The van der Waals surface area contributed by atoms with Gasteiger partial charge in [0.05, 0.1) is 5.52 Å². The summed E-state index contributed by atoms with van der Waals surface area (Å²) in [4.78, 5) is 16.9. The van der Waals surface area contributed by atoms with E-state index >= 15 is 0 Å². The lowest BCUT2D eigenvalue weighted by Gasteiger charge is -2.24. The molecule has 0 saturated carbocycles. The number of pyridine rings is 1. The van der Waals surface area contributed by atoms with Gasteiger partial charge in [0.25, 0.3) is 0 Å². The maximum atomic E-state index is 13.1. The molecular weight excluding hydrogens is 377 g/mol. The van der Waals surface area contributed by atoms with Crippen LogP contribution in [0, 0.1) is 6.92 Å². The van der Waals surface area contributed by atoms with E-state index in [1.165, 1.54) is 0 Å².